The van der Waals surface area contributed by atoms with Gasteiger partial charge in [-0.05, 0) is 17.7 Å². The zero-order valence-corrected chi connectivity index (χ0v) is 14.4. The summed E-state index contributed by atoms with van der Waals surface area (Å²) in [6.45, 7) is 0. The maximum atomic E-state index is 12.6. The average molecular weight is 360 g/mol. The number of aromatic nitrogens is 2. The minimum Gasteiger partial charge on any atom is -0.312 e. The van der Waals surface area contributed by atoms with Crippen LogP contribution in [0.25, 0.3) is 0 Å². The van der Waals surface area contributed by atoms with Crippen molar-refractivity contribution >= 4 is 35.1 Å². The van der Waals surface area contributed by atoms with Gasteiger partial charge in [-0.15, -0.1) is 6.42 Å². The van der Waals surface area contributed by atoms with Gasteiger partial charge in [0.05, 0.1) is 11.3 Å². The Labute approximate surface area is 148 Å². The minimum atomic E-state index is -0.345. The van der Waals surface area contributed by atoms with Crippen molar-refractivity contribution in [1.82, 2.24) is 9.55 Å². The number of thioether (sulfide) groups is 1. The van der Waals surface area contributed by atoms with Gasteiger partial charge < -0.3 is 9.88 Å². The van der Waals surface area contributed by atoms with E-state index in [9.17, 15) is 9.59 Å². The second-order valence-electron chi connectivity index (χ2n) is 5.37. The molecule has 0 aliphatic carbocycles. The van der Waals surface area contributed by atoms with Crippen LogP contribution in [0.4, 0.5) is 5.82 Å². The van der Waals surface area contributed by atoms with Gasteiger partial charge in [0.15, 0.2) is 5.16 Å². The summed E-state index contributed by atoms with van der Waals surface area (Å²) < 4.78 is 1.71. The Kier molecular flexibility index (Phi) is 4.65. The molecule has 1 aliphatic heterocycles. The molecule has 24 heavy (non-hydrogen) atoms. The normalized spacial score (nSPS) is 16.2. The number of anilines is 1. The number of carbonyl (C=O) groups is 1. The fraction of sp³-hybridized carbons (Fsp3) is 0.235. The van der Waals surface area contributed by atoms with Crippen molar-refractivity contribution in [3.8, 4) is 12.3 Å². The van der Waals surface area contributed by atoms with E-state index in [0.29, 0.717) is 27.3 Å². The summed E-state index contributed by atoms with van der Waals surface area (Å²) in [6.07, 6.45) is 5.46. The predicted molar refractivity (Wildman–Crippen MR) is 95.6 cm³/mol. The van der Waals surface area contributed by atoms with Crippen LogP contribution in [0.15, 0.2) is 34.2 Å². The van der Waals surface area contributed by atoms with Crippen LogP contribution in [0.1, 0.15) is 23.5 Å². The fourth-order valence-electron chi connectivity index (χ4n) is 2.75. The molecule has 1 unspecified atom stereocenters. The second kappa shape index (κ2) is 6.71. The first-order chi connectivity index (χ1) is 11.5. The summed E-state index contributed by atoms with van der Waals surface area (Å²) >= 11 is 7.21. The molecule has 122 valence electrons. The third kappa shape index (κ3) is 3.05. The molecule has 1 atom stereocenters. The molecule has 0 fully saturated rings. The molecule has 1 aliphatic rings. The van der Waals surface area contributed by atoms with E-state index in [1.54, 1.807) is 23.7 Å². The lowest BCUT2D eigenvalue weighted by Crippen LogP contribution is -2.33. The number of rotatable bonds is 3. The summed E-state index contributed by atoms with van der Waals surface area (Å²) in [5.41, 5.74) is 1.01. The van der Waals surface area contributed by atoms with Gasteiger partial charge in [-0.3, -0.25) is 9.59 Å². The van der Waals surface area contributed by atoms with Crippen LogP contribution in [-0.2, 0) is 11.8 Å². The molecule has 0 radical (unpaired) electrons. The number of benzene rings is 1. The molecule has 0 bridgehead atoms. The summed E-state index contributed by atoms with van der Waals surface area (Å²) in [4.78, 5) is 28.9. The Hall–Kier alpha value is -2.23. The van der Waals surface area contributed by atoms with Crippen molar-refractivity contribution in [3.05, 3.63) is 50.8 Å². The van der Waals surface area contributed by atoms with Gasteiger partial charge in [0, 0.05) is 24.4 Å². The number of carbonyl (C=O) groups excluding carboxylic acids is 1. The Morgan fingerprint density at radius 1 is 1.42 bits per heavy atom. The minimum absolute atomic E-state index is 0.142. The molecule has 7 heteroatoms. The van der Waals surface area contributed by atoms with E-state index in [0.717, 1.165) is 5.56 Å². The molecule has 1 aromatic heterocycles. The number of nitrogens with zero attached hydrogens (tertiary/aromatic N) is 2. The number of amides is 1. The van der Waals surface area contributed by atoms with Crippen LogP contribution < -0.4 is 10.9 Å². The largest absolute Gasteiger partial charge is 0.312 e. The lowest BCUT2D eigenvalue weighted by Gasteiger charge is -2.27. The number of terminal acetylenes is 1. The zero-order chi connectivity index (χ0) is 17.3. The Morgan fingerprint density at radius 3 is 2.79 bits per heavy atom. The standard InChI is InChI=1S/C17H14ClN3O2S/c1-3-8-24-17-20-16(23)14-12(10-4-6-11(18)7-5-10)9-13(22)19-15(14)21(17)2/h1,4-7,12H,8-9H2,2H3,(H,19,22). The number of hydrogen-bond donors (Lipinski definition) is 1. The number of hydrogen-bond acceptors (Lipinski definition) is 4. The van der Waals surface area contributed by atoms with Gasteiger partial charge in [-0.1, -0.05) is 41.4 Å². The van der Waals surface area contributed by atoms with E-state index in [4.69, 9.17) is 18.0 Å². The monoisotopic (exact) mass is 359 g/mol. The first-order valence-electron chi connectivity index (χ1n) is 7.23. The van der Waals surface area contributed by atoms with Crippen molar-refractivity contribution in [3.63, 3.8) is 0 Å². The van der Waals surface area contributed by atoms with Crippen LogP contribution in [0.3, 0.4) is 0 Å². The van der Waals surface area contributed by atoms with E-state index in [1.807, 2.05) is 12.1 Å². The van der Waals surface area contributed by atoms with E-state index >= 15 is 0 Å². The van der Waals surface area contributed by atoms with Gasteiger partial charge in [-0.2, -0.15) is 4.98 Å². The van der Waals surface area contributed by atoms with E-state index in [1.165, 1.54) is 11.8 Å². The molecule has 5 nitrogen and oxygen atoms in total. The number of nitrogens with one attached hydrogen (secondary N) is 1. The highest BCUT2D eigenvalue weighted by Crippen LogP contribution is 2.36. The van der Waals surface area contributed by atoms with Crippen molar-refractivity contribution in [1.29, 1.82) is 0 Å². The molecule has 0 spiro atoms. The topological polar surface area (TPSA) is 64.0 Å². The van der Waals surface area contributed by atoms with Gasteiger partial charge in [0.25, 0.3) is 5.56 Å². The van der Waals surface area contributed by atoms with Gasteiger partial charge in [-0.25, -0.2) is 0 Å². The summed E-state index contributed by atoms with van der Waals surface area (Å²) in [5.74, 6) is 2.89. The Bertz CT molecular complexity index is 900. The molecule has 0 saturated carbocycles. The van der Waals surface area contributed by atoms with Crippen LogP contribution in [-0.4, -0.2) is 21.2 Å². The maximum Gasteiger partial charge on any atom is 0.279 e. The van der Waals surface area contributed by atoms with Crippen molar-refractivity contribution in [2.75, 3.05) is 11.1 Å². The summed E-state index contributed by atoms with van der Waals surface area (Å²) in [7, 11) is 1.76. The van der Waals surface area contributed by atoms with Gasteiger partial charge >= 0.3 is 0 Å². The van der Waals surface area contributed by atoms with Crippen LogP contribution in [0.5, 0.6) is 0 Å². The number of halogens is 1. The SMILES string of the molecule is C#CCSc1nc(=O)c2c(n1C)NC(=O)CC2c1ccc(Cl)cc1. The van der Waals surface area contributed by atoms with Crippen LogP contribution in [0.2, 0.25) is 5.02 Å². The summed E-state index contributed by atoms with van der Waals surface area (Å²) in [5, 5.41) is 3.87. The first-order valence-corrected chi connectivity index (χ1v) is 8.60. The van der Waals surface area contributed by atoms with Gasteiger partial charge in [0.1, 0.15) is 5.82 Å². The first kappa shape index (κ1) is 16.6. The van der Waals surface area contributed by atoms with E-state index in [-0.39, 0.29) is 23.8 Å². The van der Waals surface area contributed by atoms with E-state index < -0.39 is 0 Å². The highest BCUT2D eigenvalue weighted by atomic mass is 35.5. The van der Waals surface area contributed by atoms with E-state index in [2.05, 4.69) is 16.2 Å². The lowest BCUT2D eigenvalue weighted by molar-refractivity contribution is -0.116. The van der Waals surface area contributed by atoms with Crippen molar-refractivity contribution in [2.24, 2.45) is 7.05 Å². The Balaban J connectivity index is 2.14. The lowest BCUT2D eigenvalue weighted by atomic mass is 9.87. The summed E-state index contributed by atoms with van der Waals surface area (Å²) in [6, 6.07) is 7.15. The molecular formula is C17H14ClN3O2S. The molecular weight excluding hydrogens is 346 g/mol. The third-order valence-electron chi connectivity index (χ3n) is 3.86. The predicted octanol–water partition coefficient (Wildman–Crippen LogP) is 2.63. The van der Waals surface area contributed by atoms with Crippen molar-refractivity contribution in [2.45, 2.75) is 17.5 Å². The zero-order valence-electron chi connectivity index (χ0n) is 12.9. The molecule has 1 amide bonds. The fourth-order valence-corrected chi connectivity index (χ4v) is 3.52. The number of fused-ring (bicyclic) bond motifs is 1. The molecule has 1 aromatic carbocycles. The molecule has 2 heterocycles. The van der Waals surface area contributed by atoms with Gasteiger partial charge in [0.2, 0.25) is 5.91 Å². The van der Waals surface area contributed by atoms with Crippen LogP contribution >= 0.6 is 23.4 Å². The molecule has 1 N–H and O–H groups in total. The molecule has 2 aromatic rings. The van der Waals surface area contributed by atoms with Crippen molar-refractivity contribution < 1.29 is 4.79 Å². The molecule has 0 saturated heterocycles. The quantitative estimate of drug-likeness (QED) is 0.520. The smallest absolute Gasteiger partial charge is 0.279 e. The second-order valence-corrected chi connectivity index (χ2v) is 6.75. The Morgan fingerprint density at radius 2 is 2.12 bits per heavy atom. The van der Waals surface area contributed by atoms with Crippen LogP contribution in [0, 0.1) is 12.3 Å². The maximum absolute atomic E-state index is 12.6. The molecule has 3 rings (SSSR count). The highest BCUT2D eigenvalue weighted by molar-refractivity contribution is 7.99. The highest BCUT2D eigenvalue weighted by Gasteiger charge is 2.31. The average Bonchev–Trinajstić information content (AvgIpc) is 2.56. The third-order valence-corrected chi connectivity index (χ3v) is 5.04.